The molecule has 0 bridgehead atoms. The molecule has 4 N–H and O–H groups in total. The molecule has 0 aliphatic heterocycles. The van der Waals surface area contributed by atoms with Gasteiger partial charge in [0.1, 0.15) is 0 Å². The van der Waals surface area contributed by atoms with Crippen molar-refractivity contribution < 1.29 is 20.1 Å². The minimum absolute atomic E-state index is 0.00986. The Bertz CT molecular complexity index is 784. The highest BCUT2D eigenvalue weighted by Crippen LogP contribution is 2.17. The number of rotatable bonds is 43. The van der Waals surface area contributed by atoms with E-state index in [2.05, 4.69) is 31.3 Å². The van der Waals surface area contributed by atoms with Crippen LogP contribution in [0.4, 0.5) is 0 Å². The number of hydrogen-bond acceptors (Lipinski definition) is 4. The first-order chi connectivity index (χ1) is 26.0. The summed E-state index contributed by atoms with van der Waals surface area (Å²) in [5.41, 5.74) is 0. The van der Waals surface area contributed by atoms with E-state index in [4.69, 9.17) is 0 Å². The number of amides is 1. The summed E-state index contributed by atoms with van der Waals surface area (Å²) < 4.78 is 0. The van der Waals surface area contributed by atoms with Crippen LogP contribution < -0.4 is 5.32 Å². The Kier molecular flexibility index (Phi) is 42.6. The fraction of sp³-hybridized carbons (Fsp3) is 0.896. The van der Waals surface area contributed by atoms with Crippen molar-refractivity contribution in [2.45, 2.75) is 270 Å². The third-order valence-corrected chi connectivity index (χ3v) is 11.0. The first kappa shape index (κ1) is 51.8. The zero-order valence-electron chi connectivity index (χ0n) is 35.7. The van der Waals surface area contributed by atoms with Gasteiger partial charge in [0.15, 0.2) is 0 Å². The van der Waals surface area contributed by atoms with E-state index in [9.17, 15) is 20.1 Å². The first-order valence-electron chi connectivity index (χ1n) is 23.6. The lowest BCUT2D eigenvalue weighted by Gasteiger charge is -2.21. The lowest BCUT2D eigenvalue weighted by atomic mass is 10.0. The summed E-state index contributed by atoms with van der Waals surface area (Å²) in [5.74, 6) is -0.322. The summed E-state index contributed by atoms with van der Waals surface area (Å²) in [7, 11) is 0. The van der Waals surface area contributed by atoms with Crippen LogP contribution >= 0.6 is 0 Å². The van der Waals surface area contributed by atoms with Crippen molar-refractivity contribution in [1.29, 1.82) is 0 Å². The van der Waals surface area contributed by atoms with E-state index in [1.54, 1.807) is 6.08 Å². The summed E-state index contributed by atoms with van der Waals surface area (Å²) >= 11 is 0. The Morgan fingerprint density at radius 3 is 1.21 bits per heavy atom. The van der Waals surface area contributed by atoms with E-state index in [1.807, 2.05) is 6.08 Å². The zero-order valence-corrected chi connectivity index (χ0v) is 35.7. The fourth-order valence-corrected chi connectivity index (χ4v) is 7.36. The Labute approximate surface area is 331 Å². The first-order valence-corrected chi connectivity index (χ1v) is 23.6. The summed E-state index contributed by atoms with van der Waals surface area (Å²) in [6.07, 6.45) is 53.4. The highest BCUT2D eigenvalue weighted by molar-refractivity contribution is 5.76. The smallest absolute Gasteiger partial charge is 0.222 e. The Balaban J connectivity index is 3.59. The van der Waals surface area contributed by atoms with E-state index in [1.165, 1.54) is 193 Å². The molecule has 0 spiro atoms. The van der Waals surface area contributed by atoms with Gasteiger partial charge in [-0.2, -0.15) is 0 Å². The average molecular weight is 748 g/mol. The van der Waals surface area contributed by atoms with Crippen LogP contribution in [-0.4, -0.2) is 46.1 Å². The Morgan fingerprint density at radius 2 is 0.811 bits per heavy atom. The molecule has 0 aromatic rings. The topological polar surface area (TPSA) is 89.8 Å². The molecular formula is C48H93NO4. The molecule has 0 saturated heterocycles. The SMILES string of the molecule is CCCCCCCCCC/C=C/CC/C=C/C(O)C(CO)NC(=O)CC(O)CCCCCCCCCCCCCCCCCCCCCCCCCC. The summed E-state index contributed by atoms with van der Waals surface area (Å²) in [4.78, 5) is 12.4. The van der Waals surface area contributed by atoms with Gasteiger partial charge in [0.2, 0.25) is 5.91 Å². The highest BCUT2D eigenvalue weighted by atomic mass is 16.3. The zero-order chi connectivity index (χ0) is 38.7. The van der Waals surface area contributed by atoms with Crippen molar-refractivity contribution in [3.8, 4) is 0 Å². The Hall–Kier alpha value is -1.17. The van der Waals surface area contributed by atoms with Gasteiger partial charge in [-0.25, -0.2) is 0 Å². The van der Waals surface area contributed by atoms with Gasteiger partial charge >= 0.3 is 0 Å². The Morgan fingerprint density at radius 1 is 0.472 bits per heavy atom. The second-order valence-corrected chi connectivity index (χ2v) is 16.4. The quantitative estimate of drug-likeness (QED) is 0.0369. The third-order valence-electron chi connectivity index (χ3n) is 11.0. The second-order valence-electron chi connectivity index (χ2n) is 16.4. The van der Waals surface area contributed by atoms with Gasteiger partial charge in [-0.15, -0.1) is 0 Å². The maximum Gasteiger partial charge on any atom is 0.222 e. The molecule has 3 atom stereocenters. The van der Waals surface area contributed by atoms with Gasteiger partial charge in [-0.05, 0) is 32.1 Å². The number of aliphatic hydroxyl groups is 3. The average Bonchev–Trinajstić information content (AvgIpc) is 3.15. The van der Waals surface area contributed by atoms with Gasteiger partial charge in [-0.3, -0.25) is 4.79 Å². The number of carbonyl (C=O) groups excluding carboxylic acids is 1. The van der Waals surface area contributed by atoms with Crippen molar-refractivity contribution in [3.05, 3.63) is 24.3 Å². The van der Waals surface area contributed by atoms with Crippen molar-refractivity contribution in [3.63, 3.8) is 0 Å². The maximum absolute atomic E-state index is 12.4. The van der Waals surface area contributed by atoms with Crippen LogP contribution in [0.5, 0.6) is 0 Å². The van der Waals surface area contributed by atoms with E-state index in [0.29, 0.717) is 6.42 Å². The van der Waals surface area contributed by atoms with Gasteiger partial charge in [0.25, 0.3) is 0 Å². The van der Waals surface area contributed by atoms with E-state index in [-0.39, 0.29) is 18.9 Å². The molecule has 0 heterocycles. The van der Waals surface area contributed by atoms with Crippen LogP contribution in [0.2, 0.25) is 0 Å². The summed E-state index contributed by atoms with van der Waals surface area (Å²) in [6.45, 7) is 4.21. The number of nitrogens with one attached hydrogen (secondary N) is 1. The predicted octanol–water partition coefficient (Wildman–Crippen LogP) is 13.8. The van der Waals surface area contributed by atoms with E-state index >= 15 is 0 Å². The molecule has 0 aromatic heterocycles. The molecule has 0 aliphatic carbocycles. The number of hydrogen-bond donors (Lipinski definition) is 4. The van der Waals surface area contributed by atoms with E-state index < -0.39 is 18.2 Å². The molecule has 5 heteroatoms. The molecule has 0 aliphatic rings. The van der Waals surface area contributed by atoms with Crippen LogP contribution in [-0.2, 0) is 4.79 Å². The van der Waals surface area contributed by atoms with E-state index in [0.717, 1.165) is 32.1 Å². The largest absolute Gasteiger partial charge is 0.394 e. The van der Waals surface area contributed by atoms with Gasteiger partial charge < -0.3 is 20.6 Å². The van der Waals surface area contributed by atoms with Gasteiger partial charge in [-0.1, -0.05) is 237 Å². The normalized spacial score (nSPS) is 13.7. The number of allylic oxidation sites excluding steroid dienone is 3. The molecule has 0 fully saturated rings. The van der Waals surface area contributed by atoms with Gasteiger partial charge in [0.05, 0.1) is 31.3 Å². The lowest BCUT2D eigenvalue weighted by Crippen LogP contribution is -2.45. The summed E-state index contributed by atoms with van der Waals surface area (Å²) in [5, 5.41) is 33.2. The van der Waals surface area contributed by atoms with Crippen LogP contribution in [0, 0.1) is 0 Å². The van der Waals surface area contributed by atoms with Crippen LogP contribution in [0.3, 0.4) is 0 Å². The molecule has 0 rings (SSSR count). The van der Waals surface area contributed by atoms with Crippen molar-refractivity contribution in [2.24, 2.45) is 0 Å². The fourth-order valence-electron chi connectivity index (χ4n) is 7.36. The molecule has 53 heavy (non-hydrogen) atoms. The molecular weight excluding hydrogens is 655 g/mol. The van der Waals surface area contributed by atoms with Crippen molar-refractivity contribution >= 4 is 5.91 Å². The number of unbranched alkanes of at least 4 members (excludes halogenated alkanes) is 32. The van der Waals surface area contributed by atoms with Crippen molar-refractivity contribution in [1.82, 2.24) is 5.32 Å². The van der Waals surface area contributed by atoms with Gasteiger partial charge in [0, 0.05) is 0 Å². The second kappa shape index (κ2) is 43.6. The standard InChI is InChI=1S/C48H93NO4/c1-3-5-7-9-11-13-15-17-19-20-21-22-23-24-25-26-27-28-29-31-33-35-37-39-41-45(51)43-48(53)49-46(44-50)47(52)42-40-38-36-34-32-30-18-16-14-12-10-8-6-4-2/h32,34,40,42,45-47,50-52H,3-31,33,35-39,41,43-44H2,1-2H3,(H,49,53)/b34-32+,42-40+. The monoisotopic (exact) mass is 748 g/mol. The predicted molar refractivity (Wildman–Crippen MR) is 231 cm³/mol. The summed E-state index contributed by atoms with van der Waals surface area (Å²) in [6, 6.07) is -0.757. The van der Waals surface area contributed by atoms with Crippen LogP contribution in [0.25, 0.3) is 0 Å². The minimum atomic E-state index is -0.948. The van der Waals surface area contributed by atoms with Crippen molar-refractivity contribution in [2.75, 3.05) is 6.61 Å². The third kappa shape index (κ3) is 40.3. The molecule has 314 valence electrons. The lowest BCUT2D eigenvalue weighted by molar-refractivity contribution is -0.124. The van der Waals surface area contributed by atoms with Crippen LogP contribution in [0.15, 0.2) is 24.3 Å². The number of aliphatic hydroxyl groups excluding tert-OH is 3. The van der Waals surface area contributed by atoms with Crippen LogP contribution in [0.1, 0.15) is 251 Å². The molecule has 0 aromatic carbocycles. The maximum atomic E-state index is 12.4. The minimum Gasteiger partial charge on any atom is -0.394 e. The molecule has 0 radical (unpaired) electrons. The molecule has 1 amide bonds. The molecule has 5 nitrogen and oxygen atoms in total. The highest BCUT2D eigenvalue weighted by Gasteiger charge is 2.20. The molecule has 3 unspecified atom stereocenters. The molecule has 0 saturated carbocycles. The number of carbonyl (C=O) groups is 1.